The number of alkyl halides is 6. The van der Waals surface area contributed by atoms with E-state index >= 15 is 0 Å². The molecular weight excluding hydrogens is 542 g/mol. The molecule has 4 nitrogen and oxygen atoms in total. The molecule has 1 fully saturated rings. The second-order valence-electron chi connectivity index (χ2n) is 9.09. The van der Waals surface area contributed by atoms with Crippen LogP contribution in [0.15, 0.2) is 65.1 Å². The first kappa shape index (κ1) is 32.4. The van der Waals surface area contributed by atoms with Crippen LogP contribution in [0.25, 0.3) is 0 Å². The topological polar surface area (TPSA) is 53.4 Å². The van der Waals surface area contributed by atoms with Gasteiger partial charge in [0.15, 0.2) is 5.13 Å². The lowest BCUT2D eigenvalue weighted by molar-refractivity contribution is -0.136. The Balaban J connectivity index is 0.00000260. The predicted molar refractivity (Wildman–Crippen MR) is 143 cm³/mol. The number of hydrogen-bond donors (Lipinski definition) is 1. The zero-order chi connectivity index (χ0) is 29.0. The molecule has 0 bridgehead atoms. The first-order valence-electron chi connectivity index (χ1n) is 12.7. The van der Waals surface area contributed by atoms with Crippen molar-refractivity contribution in [2.24, 2.45) is 5.92 Å². The molecule has 2 aliphatic carbocycles. The van der Waals surface area contributed by atoms with Crippen LogP contribution in [0, 0.1) is 5.92 Å². The number of allylic oxidation sites excluding steroid dienone is 10. The van der Waals surface area contributed by atoms with Gasteiger partial charge in [-0.2, -0.15) is 13.2 Å². The minimum atomic E-state index is -4.48. The van der Waals surface area contributed by atoms with E-state index in [4.69, 9.17) is 4.98 Å². The number of thiazole rings is 1. The van der Waals surface area contributed by atoms with E-state index in [1.54, 1.807) is 18.2 Å². The van der Waals surface area contributed by atoms with Crippen molar-refractivity contribution in [2.45, 2.75) is 70.0 Å². The van der Waals surface area contributed by atoms with Gasteiger partial charge in [-0.15, -0.1) is 11.3 Å². The molecule has 39 heavy (non-hydrogen) atoms. The normalized spacial score (nSPS) is 19.2. The summed E-state index contributed by atoms with van der Waals surface area (Å²) >= 11 is 1.36. The molecule has 0 radical (unpaired) electrons. The Morgan fingerprint density at radius 1 is 1.23 bits per heavy atom. The van der Waals surface area contributed by atoms with Gasteiger partial charge in [0.1, 0.15) is 0 Å². The summed E-state index contributed by atoms with van der Waals surface area (Å²) in [5, 5.41) is 11.7. The molecule has 216 valence electrons. The van der Waals surface area contributed by atoms with Gasteiger partial charge in [-0.3, -0.25) is 9.18 Å². The van der Waals surface area contributed by atoms with Gasteiger partial charge in [-0.25, -0.2) is 13.8 Å². The molecule has 0 amide bonds. The Labute approximate surface area is 229 Å². The molecule has 1 saturated carbocycles. The van der Waals surface area contributed by atoms with Crippen LogP contribution in [-0.4, -0.2) is 48.4 Å². The highest BCUT2D eigenvalue weighted by Gasteiger charge is 2.31. The summed E-state index contributed by atoms with van der Waals surface area (Å²) in [7, 11) is 0.500. The van der Waals surface area contributed by atoms with Gasteiger partial charge in [0.05, 0.1) is 30.8 Å². The molecule has 0 aromatic carbocycles. The van der Waals surface area contributed by atoms with Crippen molar-refractivity contribution in [1.29, 1.82) is 0 Å². The van der Waals surface area contributed by atoms with E-state index in [2.05, 4.69) is 0 Å². The summed E-state index contributed by atoms with van der Waals surface area (Å²) in [5.74, 6) is -2.42. The highest BCUT2D eigenvalue weighted by molar-refractivity contribution is 7.13. The molecule has 1 heterocycles. The summed E-state index contributed by atoms with van der Waals surface area (Å²) in [6, 6.07) is 0.187. The van der Waals surface area contributed by atoms with Crippen LogP contribution in [0.4, 0.5) is 31.5 Å². The summed E-state index contributed by atoms with van der Waals surface area (Å²) in [6.45, 7) is 1.63. The van der Waals surface area contributed by atoms with Crippen LogP contribution in [0.3, 0.4) is 0 Å². The Bertz CT molecular complexity index is 1070. The van der Waals surface area contributed by atoms with Crippen molar-refractivity contribution in [3.63, 3.8) is 0 Å². The molecule has 0 aliphatic heterocycles. The average Bonchev–Trinajstić information content (AvgIpc) is 3.53. The Kier molecular flexibility index (Phi) is 13.0. The number of rotatable bonds is 11. The van der Waals surface area contributed by atoms with Crippen LogP contribution >= 0.6 is 11.3 Å². The molecule has 1 aromatic heterocycles. The van der Waals surface area contributed by atoms with Crippen molar-refractivity contribution in [1.82, 2.24) is 4.98 Å². The maximum absolute atomic E-state index is 13.3. The van der Waals surface area contributed by atoms with E-state index in [-0.39, 0.29) is 18.9 Å². The molecule has 0 saturated heterocycles. The number of carbonyl (C=O) groups is 1. The number of carboxylic acid groups (broad SMARTS) is 1. The minimum Gasteiger partial charge on any atom is -0.481 e. The fraction of sp³-hybridized carbons (Fsp3) is 0.500. The van der Waals surface area contributed by atoms with Crippen molar-refractivity contribution in [3.05, 3.63) is 70.8 Å². The van der Waals surface area contributed by atoms with E-state index in [0.29, 0.717) is 30.1 Å². The monoisotopic (exact) mass is 576 g/mol. The zero-order valence-electron chi connectivity index (χ0n) is 21.9. The standard InChI is InChI=1S/C27H31F5N2O2S.CH3F/c1-2-20(27(30,31)32)9-6-12-22(18-7-5-8-19(14-13-18)25(28)29)23-17-37-26(33-23)34(16-15-24(35)36)21-10-3-4-11-21;1-2/h2,5-9,13-14,17,19,21-22,25H,3-4,10-12,15-16H2,1H3,(H,35,36);1H3/b9-6-,20-2+;. The van der Waals surface area contributed by atoms with Gasteiger partial charge in [-0.1, -0.05) is 61.4 Å². The lowest BCUT2D eigenvalue weighted by Crippen LogP contribution is -2.35. The van der Waals surface area contributed by atoms with Crippen LogP contribution < -0.4 is 4.90 Å². The third-order valence-electron chi connectivity index (χ3n) is 6.58. The minimum absolute atomic E-state index is 0.0329. The Morgan fingerprint density at radius 3 is 2.51 bits per heavy atom. The molecular formula is C28H34F6N2O2S. The summed E-state index contributed by atoms with van der Waals surface area (Å²) in [5.41, 5.74) is 0.499. The van der Waals surface area contributed by atoms with E-state index in [9.17, 15) is 36.2 Å². The molecule has 2 aliphatic rings. The molecule has 2 unspecified atom stereocenters. The van der Waals surface area contributed by atoms with Crippen molar-refractivity contribution < 1.29 is 36.2 Å². The molecule has 1 N–H and O–H groups in total. The summed E-state index contributed by atoms with van der Waals surface area (Å²) in [4.78, 5) is 18.1. The number of carboxylic acids is 1. The van der Waals surface area contributed by atoms with Crippen molar-refractivity contribution >= 4 is 22.4 Å². The van der Waals surface area contributed by atoms with E-state index in [0.717, 1.165) is 37.8 Å². The number of halogens is 6. The second-order valence-corrected chi connectivity index (χ2v) is 9.92. The maximum Gasteiger partial charge on any atom is 0.416 e. The Morgan fingerprint density at radius 2 is 1.92 bits per heavy atom. The van der Waals surface area contributed by atoms with Crippen molar-refractivity contribution in [3.8, 4) is 0 Å². The van der Waals surface area contributed by atoms with Crippen LogP contribution in [0.1, 0.15) is 57.1 Å². The molecule has 11 heteroatoms. The molecule has 3 rings (SSSR count). The fourth-order valence-corrected chi connectivity index (χ4v) is 5.56. The molecule has 1 aromatic rings. The largest absolute Gasteiger partial charge is 0.481 e. The first-order valence-corrected chi connectivity index (χ1v) is 13.5. The van der Waals surface area contributed by atoms with Gasteiger partial charge in [0, 0.05) is 23.9 Å². The SMILES string of the molecule is C/C=C(\C=C/CC(C1=CC=CC(C(F)F)C=C1)c1csc(N(CCC(=O)O)C2CCCC2)n1)C(F)(F)F.CF. The lowest BCUT2D eigenvalue weighted by atomic mass is 9.91. The molecule has 2 atom stereocenters. The average molecular weight is 577 g/mol. The quantitative estimate of drug-likeness (QED) is 0.212. The third-order valence-corrected chi connectivity index (χ3v) is 7.47. The second kappa shape index (κ2) is 15.7. The number of nitrogens with zero attached hydrogens (tertiary/aromatic N) is 2. The van der Waals surface area contributed by atoms with E-state index in [1.807, 2.05) is 10.3 Å². The summed E-state index contributed by atoms with van der Waals surface area (Å²) < 4.78 is 75.6. The van der Waals surface area contributed by atoms with Gasteiger partial charge in [0.25, 0.3) is 0 Å². The molecule has 0 spiro atoms. The highest BCUT2D eigenvalue weighted by Crippen LogP contribution is 2.37. The fourth-order valence-electron chi connectivity index (χ4n) is 4.58. The van der Waals surface area contributed by atoms with Gasteiger partial charge < -0.3 is 10.0 Å². The van der Waals surface area contributed by atoms with Crippen molar-refractivity contribution in [2.75, 3.05) is 18.6 Å². The zero-order valence-corrected chi connectivity index (χ0v) is 22.7. The van der Waals surface area contributed by atoms with Crippen LogP contribution in [-0.2, 0) is 4.79 Å². The lowest BCUT2D eigenvalue weighted by Gasteiger charge is -2.28. The van der Waals surface area contributed by atoms with Crippen LogP contribution in [0.2, 0.25) is 0 Å². The predicted octanol–water partition coefficient (Wildman–Crippen LogP) is 8.42. The number of aliphatic carboxylic acids is 1. The first-order chi connectivity index (χ1) is 18.6. The smallest absolute Gasteiger partial charge is 0.416 e. The van der Waals surface area contributed by atoms with E-state index < -0.39 is 36.0 Å². The number of aromatic nitrogens is 1. The van der Waals surface area contributed by atoms with E-state index in [1.165, 1.54) is 36.5 Å². The number of anilines is 1. The van der Waals surface area contributed by atoms with Gasteiger partial charge in [0.2, 0.25) is 6.43 Å². The summed E-state index contributed by atoms with van der Waals surface area (Å²) in [6.07, 6.45) is 8.16. The maximum atomic E-state index is 13.3. The number of hydrogen-bond acceptors (Lipinski definition) is 4. The highest BCUT2D eigenvalue weighted by atomic mass is 32.1. The van der Waals surface area contributed by atoms with Gasteiger partial charge >= 0.3 is 12.1 Å². The Hall–Kier alpha value is -2.82. The van der Waals surface area contributed by atoms with Crippen LogP contribution in [0.5, 0.6) is 0 Å². The van der Waals surface area contributed by atoms with Gasteiger partial charge in [-0.05, 0) is 31.8 Å². The third kappa shape index (κ3) is 9.70.